The second kappa shape index (κ2) is 6.99. The van der Waals surface area contributed by atoms with Crippen molar-refractivity contribution in [2.24, 2.45) is 0 Å². The van der Waals surface area contributed by atoms with Crippen LogP contribution in [0.1, 0.15) is 5.56 Å². The molecule has 0 aliphatic rings. The summed E-state index contributed by atoms with van der Waals surface area (Å²) < 4.78 is 5.07. The van der Waals surface area contributed by atoms with E-state index in [1.54, 1.807) is 25.3 Å². The highest BCUT2D eigenvalue weighted by Gasteiger charge is 2.06. The van der Waals surface area contributed by atoms with E-state index in [9.17, 15) is 4.79 Å². The van der Waals surface area contributed by atoms with E-state index in [-0.39, 0.29) is 12.5 Å². The lowest BCUT2D eigenvalue weighted by atomic mass is 10.2. The van der Waals surface area contributed by atoms with E-state index in [1.165, 1.54) is 0 Å². The van der Waals surface area contributed by atoms with Crippen LogP contribution < -0.4 is 15.4 Å². The van der Waals surface area contributed by atoms with E-state index < -0.39 is 0 Å². The van der Waals surface area contributed by atoms with Gasteiger partial charge >= 0.3 is 0 Å². The zero-order chi connectivity index (χ0) is 15.2. The SMILES string of the molecule is COc1ccc(NC(=O)CNc2ccccc2C)cc1Cl. The van der Waals surface area contributed by atoms with Crippen molar-refractivity contribution in [1.82, 2.24) is 0 Å². The number of halogens is 1. The highest BCUT2D eigenvalue weighted by Crippen LogP contribution is 2.27. The first kappa shape index (κ1) is 15.2. The molecule has 1 amide bonds. The Balaban J connectivity index is 1.93. The van der Waals surface area contributed by atoms with E-state index in [4.69, 9.17) is 16.3 Å². The molecule has 4 nitrogen and oxygen atoms in total. The molecule has 0 fully saturated rings. The first-order valence-corrected chi connectivity index (χ1v) is 6.91. The third kappa shape index (κ3) is 4.13. The van der Waals surface area contributed by atoms with Crippen LogP contribution in [-0.4, -0.2) is 19.6 Å². The minimum atomic E-state index is -0.139. The molecule has 2 N–H and O–H groups in total. The smallest absolute Gasteiger partial charge is 0.243 e. The van der Waals surface area contributed by atoms with Gasteiger partial charge in [-0.1, -0.05) is 29.8 Å². The van der Waals surface area contributed by atoms with Crippen molar-refractivity contribution in [3.05, 3.63) is 53.1 Å². The molecule has 0 saturated carbocycles. The molecule has 0 bridgehead atoms. The van der Waals surface area contributed by atoms with Crippen molar-refractivity contribution in [2.75, 3.05) is 24.3 Å². The van der Waals surface area contributed by atoms with E-state index in [0.717, 1.165) is 11.3 Å². The van der Waals surface area contributed by atoms with Crippen LogP contribution in [0.15, 0.2) is 42.5 Å². The van der Waals surface area contributed by atoms with E-state index >= 15 is 0 Å². The van der Waals surface area contributed by atoms with Gasteiger partial charge < -0.3 is 15.4 Å². The molecular weight excluding hydrogens is 288 g/mol. The number of amides is 1. The number of methoxy groups -OCH3 is 1. The van der Waals surface area contributed by atoms with Crippen LogP contribution in [0.2, 0.25) is 5.02 Å². The Morgan fingerprint density at radius 3 is 2.67 bits per heavy atom. The van der Waals surface area contributed by atoms with Crippen molar-refractivity contribution in [1.29, 1.82) is 0 Å². The van der Waals surface area contributed by atoms with Gasteiger partial charge in [-0.3, -0.25) is 4.79 Å². The topological polar surface area (TPSA) is 50.4 Å². The maximum atomic E-state index is 11.9. The fraction of sp³-hybridized carbons (Fsp3) is 0.188. The molecule has 0 unspecified atom stereocenters. The van der Waals surface area contributed by atoms with Gasteiger partial charge in [0.15, 0.2) is 0 Å². The average Bonchev–Trinajstić information content (AvgIpc) is 2.46. The van der Waals surface area contributed by atoms with Crippen molar-refractivity contribution >= 4 is 28.9 Å². The Labute approximate surface area is 129 Å². The number of nitrogens with one attached hydrogen (secondary N) is 2. The third-order valence-electron chi connectivity index (χ3n) is 3.02. The van der Waals surface area contributed by atoms with Gasteiger partial charge in [0.1, 0.15) is 5.75 Å². The van der Waals surface area contributed by atoms with Gasteiger partial charge in [-0.05, 0) is 36.8 Å². The summed E-state index contributed by atoms with van der Waals surface area (Å²) in [5.74, 6) is 0.437. The lowest BCUT2D eigenvalue weighted by molar-refractivity contribution is -0.114. The molecule has 110 valence electrons. The Hall–Kier alpha value is -2.20. The highest BCUT2D eigenvalue weighted by molar-refractivity contribution is 6.32. The number of ether oxygens (including phenoxy) is 1. The Bertz CT molecular complexity index is 644. The molecule has 2 rings (SSSR count). The molecule has 0 spiro atoms. The van der Waals surface area contributed by atoms with Gasteiger partial charge in [-0.15, -0.1) is 0 Å². The molecule has 0 aromatic heterocycles. The highest BCUT2D eigenvalue weighted by atomic mass is 35.5. The van der Waals surface area contributed by atoms with Crippen molar-refractivity contribution in [3.8, 4) is 5.75 Å². The van der Waals surface area contributed by atoms with Crippen LogP contribution in [-0.2, 0) is 4.79 Å². The van der Waals surface area contributed by atoms with E-state index in [2.05, 4.69) is 10.6 Å². The summed E-state index contributed by atoms with van der Waals surface area (Å²) in [6.45, 7) is 2.18. The quantitative estimate of drug-likeness (QED) is 0.885. The third-order valence-corrected chi connectivity index (χ3v) is 3.32. The number of rotatable bonds is 5. The molecule has 2 aromatic rings. The first-order chi connectivity index (χ1) is 10.1. The van der Waals surface area contributed by atoms with Crippen LogP contribution in [0.5, 0.6) is 5.75 Å². The number of para-hydroxylation sites is 1. The fourth-order valence-electron chi connectivity index (χ4n) is 1.90. The summed E-state index contributed by atoms with van der Waals surface area (Å²) in [5.41, 5.74) is 2.68. The number of benzene rings is 2. The molecule has 21 heavy (non-hydrogen) atoms. The van der Waals surface area contributed by atoms with Crippen molar-refractivity contribution in [3.63, 3.8) is 0 Å². The normalized spacial score (nSPS) is 10.0. The zero-order valence-electron chi connectivity index (χ0n) is 11.9. The van der Waals surface area contributed by atoms with Gasteiger partial charge in [0.2, 0.25) is 5.91 Å². The van der Waals surface area contributed by atoms with E-state index in [0.29, 0.717) is 16.5 Å². The Morgan fingerprint density at radius 2 is 2.00 bits per heavy atom. The number of carbonyl (C=O) groups is 1. The Morgan fingerprint density at radius 1 is 1.24 bits per heavy atom. The maximum Gasteiger partial charge on any atom is 0.243 e. The molecular formula is C16H17ClN2O2. The average molecular weight is 305 g/mol. The van der Waals surface area contributed by atoms with Gasteiger partial charge in [0.25, 0.3) is 0 Å². The summed E-state index contributed by atoms with van der Waals surface area (Å²) >= 11 is 6.01. The second-order valence-corrected chi connectivity index (χ2v) is 4.97. The Kier molecular flexibility index (Phi) is 5.06. The summed E-state index contributed by atoms with van der Waals surface area (Å²) in [7, 11) is 1.55. The predicted molar refractivity (Wildman–Crippen MR) is 86.3 cm³/mol. The van der Waals surface area contributed by atoms with Crippen LogP contribution in [0.3, 0.4) is 0 Å². The van der Waals surface area contributed by atoms with Gasteiger partial charge in [-0.25, -0.2) is 0 Å². The van der Waals surface area contributed by atoms with Gasteiger partial charge in [-0.2, -0.15) is 0 Å². The molecule has 5 heteroatoms. The zero-order valence-corrected chi connectivity index (χ0v) is 12.7. The summed E-state index contributed by atoms with van der Waals surface area (Å²) in [6, 6.07) is 12.9. The molecule has 0 atom stereocenters. The predicted octanol–water partition coefficient (Wildman–Crippen LogP) is 3.71. The van der Waals surface area contributed by atoms with Crippen LogP contribution >= 0.6 is 11.6 Å². The minimum absolute atomic E-state index is 0.139. The molecule has 0 saturated heterocycles. The largest absolute Gasteiger partial charge is 0.495 e. The van der Waals surface area contributed by atoms with Gasteiger partial charge in [0.05, 0.1) is 18.7 Å². The maximum absolute atomic E-state index is 11.9. The van der Waals surface area contributed by atoms with Crippen LogP contribution in [0.4, 0.5) is 11.4 Å². The monoisotopic (exact) mass is 304 g/mol. The minimum Gasteiger partial charge on any atom is -0.495 e. The summed E-state index contributed by atoms with van der Waals surface area (Å²) in [4.78, 5) is 11.9. The fourth-order valence-corrected chi connectivity index (χ4v) is 2.15. The van der Waals surface area contributed by atoms with Crippen molar-refractivity contribution in [2.45, 2.75) is 6.92 Å². The van der Waals surface area contributed by atoms with Crippen LogP contribution in [0.25, 0.3) is 0 Å². The van der Waals surface area contributed by atoms with E-state index in [1.807, 2.05) is 31.2 Å². The summed E-state index contributed by atoms with van der Waals surface area (Å²) in [5, 5.41) is 6.34. The summed E-state index contributed by atoms with van der Waals surface area (Å²) in [6.07, 6.45) is 0. The van der Waals surface area contributed by atoms with Crippen molar-refractivity contribution < 1.29 is 9.53 Å². The molecule has 0 radical (unpaired) electrons. The number of aryl methyl sites for hydroxylation is 1. The number of hydrogen-bond donors (Lipinski definition) is 2. The number of carbonyl (C=O) groups excluding carboxylic acids is 1. The lowest BCUT2D eigenvalue weighted by Crippen LogP contribution is -2.22. The standard InChI is InChI=1S/C16H17ClN2O2/c1-11-5-3-4-6-14(11)18-10-16(20)19-12-7-8-15(21-2)13(17)9-12/h3-9,18H,10H2,1-2H3,(H,19,20). The molecule has 0 aliphatic carbocycles. The molecule has 0 aliphatic heterocycles. The first-order valence-electron chi connectivity index (χ1n) is 6.53. The number of anilines is 2. The second-order valence-electron chi connectivity index (χ2n) is 4.57. The molecule has 2 aromatic carbocycles. The van der Waals surface area contributed by atoms with Crippen LogP contribution in [0, 0.1) is 6.92 Å². The number of hydrogen-bond acceptors (Lipinski definition) is 3. The lowest BCUT2D eigenvalue weighted by Gasteiger charge is -2.10. The van der Waals surface area contributed by atoms with Gasteiger partial charge in [0, 0.05) is 11.4 Å². The molecule has 0 heterocycles.